The largest absolute Gasteiger partial charge is 0.378 e. The number of hydrogen-bond acceptors (Lipinski definition) is 6. The van der Waals surface area contributed by atoms with Gasteiger partial charge in [-0.1, -0.05) is 0 Å². The van der Waals surface area contributed by atoms with Crippen molar-refractivity contribution in [3.05, 3.63) is 42.0 Å². The van der Waals surface area contributed by atoms with E-state index >= 15 is 0 Å². The average molecular weight is 448 g/mol. The molecule has 0 atom stereocenters. The molecule has 2 aromatic heterocycles. The molecule has 9 nitrogen and oxygen atoms in total. The maximum atomic E-state index is 12.6. The summed E-state index contributed by atoms with van der Waals surface area (Å²) in [7, 11) is 4.05. The number of carbonyl (C=O) groups is 1. The van der Waals surface area contributed by atoms with Crippen LogP contribution in [0, 0.1) is 0 Å². The van der Waals surface area contributed by atoms with E-state index in [1.807, 2.05) is 38.4 Å². The average Bonchev–Trinajstić information content (AvgIpc) is 3.45. The molecule has 0 saturated carbocycles. The molecular weight excluding hydrogens is 418 g/mol. The molecule has 1 aliphatic rings. The Kier molecular flexibility index (Phi) is 5.97. The molecule has 0 radical (unpaired) electrons. The molecule has 0 aliphatic carbocycles. The molecule has 4 aromatic rings. The Hall–Kier alpha value is -3.43. The van der Waals surface area contributed by atoms with Crippen LogP contribution in [0.4, 0.5) is 5.69 Å². The van der Waals surface area contributed by atoms with Gasteiger partial charge in [0.15, 0.2) is 5.82 Å². The van der Waals surface area contributed by atoms with Gasteiger partial charge in [-0.3, -0.25) is 9.89 Å². The predicted octanol–water partition coefficient (Wildman–Crippen LogP) is 2.62. The van der Waals surface area contributed by atoms with Crippen LogP contribution < -0.4 is 10.2 Å². The van der Waals surface area contributed by atoms with Crippen molar-refractivity contribution in [2.24, 2.45) is 0 Å². The number of anilines is 1. The molecule has 2 aromatic carbocycles. The van der Waals surface area contributed by atoms with Gasteiger partial charge in [0, 0.05) is 36.3 Å². The molecular formula is C24H29N7O2. The maximum absolute atomic E-state index is 12.6. The summed E-state index contributed by atoms with van der Waals surface area (Å²) in [6, 6.07) is 11.8. The number of aromatic nitrogens is 4. The summed E-state index contributed by atoms with van der Waals surface area (Å²) in [4.78, 5) is 25.2. The summed E-state index contributed by atoms with van der Waals surface area (Å²) in [5.74, 6) is 0.599. The fraction of sp³-hybridized carbons (Fsp3) is 0.375. The third-order valence-electron chi connectivity index (χ3n) is 5.96. The number of ether oxygens (including phenoxy) is 1. The van der Waals surface area contributed by atoms with Crippen molar-refractivity contribution in [3.8, 4) is 11.5 Å². The first-order valence-corrected chi connectivity index (χ1v) is 11.3. The van der Waals surface area contributed by atoms with E-state index < -0.39 is 0 Å². The number of benzene rings is 2. The first kappa shape index (κ1) is 21.4. The number of nitrogens with one attached hydrogen (secondary N) is 3. The van der Waals surface area contributed by atoms with Crippen molar-refractivity contribution in [2.45, 2.75) is 6.42 Å². The highest BCUT2D eigenvalue weighted by atomic mass is 16.5. The molecule has 3 N–H and O–H groups in total. The number of rotatable bonds is 7. The van der Waals surface area contributed by atoms with Gasteiger partial charge >= 0.3 is 0 Å². The molecule has 5 rings (SSSR count). The smallest absolute Gasteiger partial charge is 0.251 e. The van der Waals surface area contributed by atoms with Crippen molar-refractivity contribution >= 4 is 33.5 Å². The minimum Gasteiger partial charge on any atom is -0.378 e. The molecule has 9 heteroatoms. The van der Waals surface area contributed by atoms with E-state index in [1.165, 1.54) is 0 Å². The van der Waals surface area contributed by atoms with E-state index in [9.17, 15) is 4.79 Å². The molecule has 3 heterocycles. The first-order valence-electron chi connectivity index (χ1n) is 11.3. The number of imidazole rings is 1. The predicted molar refractivity (Wildman–Crippen MR) is 130 cm³/mol. The molecule has 1 amide bonds. The minimum absolute atomic E-state index is 0.0810. The topological polar surface area (TPSA) is 102 Å². The van der Waals surface area contributed by atoms with Crippen LogP contribution in [0.25, 0.3) is 33.5 Å². The van der Waals surface area contributed by atoms with Gasteiger partial charge < -0.3 is 24.8 Å². The highest BCUT2D eigenvalue weighted by Gasteiger charge is 2.17. The number of fused-ring (bicyclic) bond motifs is 2. The zero-order valence-electron chi connectivity index (χ0n) is 19.0. The Bertz CT molecular complexity index is 1270. The molecule has 1 fully saturated rings. The quantitative estimate of drug-likeness (QED) is 0.377. The summed E-state index contributed by atoms with van der Waals surface area (Å²) < 4.78 is 5.46. The highest BCUT2D eigenvalue weighted by Crippen LogP contribution is 2.29. The van der Waals surface area contributed by atoms with Gasteiger partial charge in [-0.2, -0.15) is 5.10 Å². The third kappa shape index (κ3) is 4.55. The second-order valence-electron chi connectivity index (χ2n) is 8.63. The van der Waals surface area contributed by atoms with Crippen LogP contribution in [-0.2, 0) is 4.74 Å². The second-order valence-corrected chi connectivity index (χ2v) is 8.63. The van der Waals surface area contributed by atoms with E-state index in [0.29, 0.717) is 23.6 Å². The van der Waals surface area contributed by atoms with Gasteiger partial charge in [-0.15, -0.1) is 0 Å². The summed E-state index contributed by atoms with van der Waals surface area (Å²) in [6.07, 6.45) is 0.906. The minimum atomic E-state index is -0.0810. The number of nitrogens with zero attached hydrogens (tertiary/aromatic N) is 4. The van der Waals surface area contributed by atoms with Crippen LogP contribution in [0.2, 0.25) is 0 Å². The molecule has 0 unspecified atom stereocenters. The summed E-state index contributed by atoms with van der Waals surface area (Å²) in [6.45, 7) is 4.84. The monoisotopic (exact) mass is 447 g/mol. The lowest BCUT2D eigenvalue weighted by molar-refractivity contribution is 0.0952. The van der Waals surface area contributed by atoms with E-state index in [2.05, 4.69) is 42.4 Å². The number of hydrogen-bond donors (Lipinski definition) is 3. The number of H-pyrrole nitrogens is 2. The van der Waals surface area contributed by atoms with Crippen molar-refractivity contribution in [1.82, 2.24) is 30.4 Å². The van der Waals surface area contributed by atoms with E-state index in [-0.39, 0.29) is 5.91 Å². The van der Waals surface area contributed by atoms with E-state index in [4.69, 9.17) is 9.72 Å². The molecule has 1 aliphatic heterocycles. The van der Waals surface area contributed by atoms with Crippen LogP contribution in [0.3, 0.4) is 0 Å². The standard InChI is InChI=1S/C24H29N7O2/c1-30(2)9-3-8-25-24(32)16-4-6-19-18(14-16)22(29-28-19)23-26-20-7-5-17(15-21(20)27-23)31-10-12-33-13-11-31/h4-7,14-15H,3,8-13H2,1-2H3,(H,25,32)(H,26,27)(H,28,29). The Morgan fingerprint density at radius 1 is 1.15 bits per heavy atom. The normalized spacial score (nSPS) is 14.5. The van der Waals surface area contributed by atoms with Crippen LogP contribution in [0.1, 0.15) is 16.8 Å². The SMILES string of the molecule is CN(C)CCCNC(=O)c1ccc2[nH]nc(-c3nc4ccc(N5CCOCC5)cc4[nH]3)c2c1. The van der Waals surface area contributed by atoms with Gasteiger partial charge in [0.1, 0.15) is 5.69 Å². The van der Waals surface area contributed by atoms with Crippen LogP contribution in [-0.4, -0.2) is 84.5 Å². The van der Waals surface area contributed by atoms with Crippen molar-refractivity contribution in [2.75, 3.05) is 58.4 Å². The lowest BCUT2D eigenvalue weighted by Crippen LogP contribution is -2.36. The lowest BCUT2D eigenvalue weighted by Gasteiger charge is -2.28. The number of morpholine rings is 1. The Balaban J connectivity index is 1.39. The van der Waals surface area contributed by atoms with E-state index in [0.717, 1.165) is 66.9 Å². The van der Waals surface area contributed by atoms with Gasteiger partial charge in [-0.25, -0.2) is 4.98 Å². The lowest BCUT2D eigenvalue weighted by atomic mass is 10.1. The van der Waals surface area contributed by atoms with Crippen molar-refractivity contribution in [1.29, 1.82) is 0 Å². The number of aromatic amines is 2. The molecule has 1 saturated heterocycles. The zero-order valence-corrected chi connectivity index (χ0v) is 19.0. The summed E-state index contributed by atoms with van der Waals surface area (Å²) in [5, 5.41) is 11.4. The molecule has 172 valence electrons. The Labute approximate surface area is 192 Å². The van der Waals surface area contributed by atoms with Gasteiger partial charge in [0.25, 0.3) is 5.91 Å². The van der Waals surface area contributed by atoms with Crippen LogP contribution in [0.5, 0.6) is 0 Å². The molecule has 0 spiro atoms. The maximum Gasteiger partial charge on any atom is 0.251 e. The van der Waals surface area contributed by atoms with Gasteiger partial charge in [0.05, 0.1) is 29.8 Å². The van der Waals surface area contributed by atoms with Crippen molar-refractivity contribution < 1.29 is 9.53 Å². The zero-order chi connectivity index (χ0) is 22.8. The highest BCUT2D eigenvalue weighted by molar-refractivity contribution is 6.01. The van der Waals surface area contributed by atoms with Crippen LogP contribution in [0.15, 0.2) is 36.4 Å². The number of amides is 1. The van der Waals surface area contributed by atoms with Gasteiger partial charge in [-0.05, 0) is 63.5 Å². The van der Waals surface area contributed by atoms with Crippen LogP contribution >= 0.6 is 0 Å². The third-order valence-corrected chi connectivity index (χ3v) is 5.96. The van der Waals surface area contributed by atoms with Gasteiger partial charge in [0.2, 0.25) is 0 Å². The van der Waals surface area contributed by atoms with Crippen molar-refractivity contribution in [3.63, 3.8) is 0 Å². The fourth-order valence-corrected chi connectivity index (χ4v) is 4.16. The second kappa shape index (κ2) is 9.21. The summed E-state index contributed by atoms with van der Waals surface area (Å²) >= 11 is 0. The summed E-state index contributed by atoms with van der Waals surface area (Å²) in [5.41, 5.74) is 5.18. The Morgan fingerprint density at radius 2 is 2.00 bits per heavy atom. The Morgan fingerprint density at radius 3 is 2.82 bits per heavy atom. The fourth-order valence-electron chi connectivity index (χ4n) is 4.16. The first-order chi connectivity index (χ1) is 16.1. The van der Waals surface area contributed by atoms with E-state index in [1.54, 1.807) is 0 Å². The molecule has 0 bridgehead atoms. The molecule has 33 heavy (non-hydrogen) atoms. The number of carbonyl (C=O) groups excluding carboxylic acids is 1.